The average Bonchev–Trinajstić information content (AvgIpc) is 2.53. The van der Waals surface area contributed by atoms with Crippen molar-refractivity contribution in [3.8, 4) is 0 Å². The van der Waals surface area contributed by atoms with Crippen molar-refractivity contribution in [3.05, 3.63) is 40.8 Å². The van der Waals surface area contributed by atoms with Gasteiger partial charge in [0, 0.05) is 12.2 Å². The molecule has 1 aromatic carbocycles. The molecule has 0 unspecified atom stereocenters. The number of esters is 2. The Kier molecular flexibility index (Phi) is 7.54. The number of hydrogen-bond donors (Lipinski definition) is 0. The number of benzene rings is 1. The summed E-state index contributed by atoms with van der Waals surface area (Å²) >= 11 is 6.05. The van der Waals surface area contributed by atoms with Gasteiger partial charge < -0.3 is 14.4 Å². The van der Waals surface area contributed by atoms with E-state index in [1.165, 1.54) is 29.2 Å². The quantitative estimate of drug-likeness (QED) is 0.562. The van der Waals surface area contributed by atoms with Crippen molar-refractivity contribution >= 4 is 29.2 Å². The summed E-state index contributed by atoms with van der Waals surface area (Å²) in [6, 6.07) is 5.46. The van der Waals surface area contributed by atoms with Crippen LogP contribution < -0.4 is 4.90 Å². The predicted octanol–water partition coefficient (Wildman–Crippen LogP) is 3.23. The number of carbonyl (C=O) groups is 2. The summed E-state index contributed by atoms with van der Waals surface area (Å²) in [6.07, 6.45) is 0. The zero-order chi connectivity index (χ0) is 17.4. The van der Waals surface area contributed by atoms with Crippen LogP contribution >= 0.6 is 11.6 Å². The summed E-state index contributed by atoms with van der Waals surface area (Å²) in [6.45, 7) is 5.59. The van der Waals surface area contributed by atoms with Gasteiger partial charge >= 0.3 is 11.9 Å². The molecule has 0 atom stereocenters. The van der Waals surface area contributed by atoms with Crippen LogP contribution in [0.5, 0.6) is 0 Å². The number of nitrogens with zero attached hydrogens (tertiary/aromatic N) is 1. The van der Waals surface area contributed by atoms with Crippen LogP contribution in [0.25, 0.3) is 0 Å². The van der Waals surface area contributed by atoms with Crippen molar-refractivity contribution in [2.24, 2.45) is 0 Å². The molecule has 7 heteroatoms. The van der Waals surface area contributed by atoms with Crippen molar-refractivity contribution < 1.29 is 23.5 Å². The summed E-state index contributed by atoms with van der Waals surface area (Å²) in [5.74, 6) is -1.99. The summed E-state index contributed by atoms with van der Waals surface area (Å²) in [5, 5.41) is -0.378. The minimum atomic E-state index is -0.821. The van der Waals surface area contributed by atoms with E-state index in [-0.39, 0.29) is 23.9 Å². The Morgan fingerprint density at radius 1 is 1.04 bits per heavy atom. The van der Waals surface area contributed by atoms with Crippen LogP contribution in [-0.2, 0) is 19.1 Å². The first-order valence-electron chi connectivity index (χ1n) is 7.23. The molecule has 0 bridgehead atoms. The van der Waals surface area contributed by atoms with E-state index >= 15 is 0 Å². The van der Waals surface area contributed by atoms with E-state index in [2.05, 4.69) is 0 Å². The monoisotopic (exact) mass is 343 g/mol. The minimum absolute atomic E-state index is 0.119. The fourth-order valence-electron chi connectivity index (χ4n) is 1.90. The zero-order valence-electron chi connectivity index (χ0n) is 13.3. The lowest BCUT2D eigenvalue weighted by Gasteiger charge is -2.25. The van der Waals surface area contributed by atoms with E-state index in [9.17, 15) is 14.0 Å². The van der Waals surface area contributed by atoms with Crippen LogP contribution in [-0.4, -0.2) is 31.7 Å². The SMILES string of the molecule is CCOC(=O)/C(Cl)=C(/C(=O)OCC)N(CC)c1ccc(F)cc1. The molecule has 0 spiro atoms. The molecule has 0 aliphatic carbocycles. The van der Waals surface area contributed by atoms with Crippen molar-refractivity contribution in [3.63, 3.8) is 0 Å². The summed E-state index contributed by atoms with van der Waals surface area (Å²) in [7, 11) is 0. The van der Waals surface area contributed by atoms with Gasteiger partial charge in [-0.1, -0.05) is 11.6 Å². The molecular weight excluding hydrogens is 325 g/mol. The maximum absolute atomic E-state index is 13.1. The molecule has 0 aliphatic heterocycles. The van der Waals surface area contributed by atoms with E-state index in [1.807, 2.05) is 0 Å². The van der Waals surface area contributed by atoms with Crippen molar-refractivity contribution in [2.45, 2.75) is 20.8 Å². The smallest absolute Gasteiger partial charge is 0.356 e. The third-order valence-corrected chi connectivity index (χ3v) is 3.19. The van der Waals surface area contributed by atoms with Crippen LogP contribution in [0, 0.1) is 5.82 Å². The summed E-state index contributed by atoms with van der Waals surface area (Å²) in [4.78, 5) is 25.6. The van der Waals surface area contributed by atoms with E-state index < -0.39 is 17.8 Å². The van der Waals surface area contributed by atoms with Crippen LogP contribution in [0.3, 0.4) is 0 Å². The van der Waals surface area contributed by atoms with Crippen molar-refractivity contribution in [2.75, 3.05) is 24.7 Å². The Morgan fingerprint density at radius 2 is 1.57 bits per heavy atom. The van der Waals surface area contributed by atoms with Gasteiger partial charge in [-0.2, -0.15) is 0 Å². The molecule has 1 aromatic rings. The second-order valence-electron chi connectivity index (χ2n) is 4.32. The standard InChI is InChI=1S/C16H19ClFNO4/c1-4-19(12-9-7-11(18)8-10-12)14(16(21)23-6-3)13(17)15(20)22-5-2/h7-10H,4-6H2,1-3H3/b14-13+. The van der Waals surface area contributed by atoms with Gasteiger partial charge in [0.05, 0.1) is 13.2 Å². The lowest BCUT2D eigenvalue weighted by Crippen LogP contribution is -2.31. The van der Waals surface area contributed by atoms with E-state index in [4.69, 9.17) is 21.1 Å². The van der Waals surface area contributed by atoms with Gasteiger partial charge in [0.15, 0.2) is 10.7 Å². The summed E-state index contributed by atoms with van der Waals surface area (Å²) < 4.78 is 22.9. The Labute approximate surface area is 139 Å². The van der Waals surface area contributed by atoms with E-state index in [0.29, 0.717) is 12.2 Å². The molecular formula is C16H19ClFNO4. The lowest BCUT2D eigenvalue weighted by molar-refractivity contribution is -0.141. The fraction of sp³-hybridized carbons (Fsp3) is 0.375. The molecule has 0 fully saturated rings. The van der Waals surface area contributed by atoms with Crippen LogP contribution in [0.1, 0.15) is 20.8 Å². The highest BCUT2D eigenvalue weighted by molar-refractivity contribution is 6.43. The predicted molar refractivity (Wildman–Crippen MR) is 85.6 cm³/mol. The van der Waals surface area contributed by atoms with Gasteiger partial charge in [-0.15, -0.1) is 0 Å². The molecule has 0 heterocycles. The van der Waals surface area contributed by atoms with E-state index in [0.717, 1.165) is 0 Å². The summed E-state index contributed by atoms with van der Waals surface area (Å²) in [5.41, 5.74) is 0.362. The van der Waals surface area contributed by atoms with Crippen molar-refractivity contribution in [1.29, 1.82) is 0 Å². The highest BCUT2D eigenvalue weighted by Crippen LogP contribution is 2.25. The number of anilines is 1. The lowest BCUT2D eigenvalue weighted by atomic mass is 10.2. The van der Waals surface area contributed by atoms with E-state index in [1.54, 1.807) is 20.8 Å². The number of likely N-dealkylation sites (N-methyl/N-ethyl adjacent to an activating group) is 1. The Balaban J connectivity index is 3.35. The molecule has 0 saturated carbocycles. The molecule has 0 aliphatic rings. The van der Waals surface area contributed by atoms with Crippen LogP contribution in [0.15, 0.2) is 35.0 Å². The van der Waals surface area contributed by atoms with Gasteiger partial charge in [-0.25, -0.2) is 14.0 Å². The Morgan fingerprint density at radius 3 is 2.04 bits per heavy atom. The second kappa shape index (κ2) is 9.15. The highest BCUT2D eigenvalue weighted by Gasteiger charge is 2.27. The zero-order valence-corrected chi connectivity index (χ0v) is 14.0. The Hall–Kier alpha value is -2.08. The average molecular weight is 344 g/mol. The number of hydrogen-bond acceptors (Lipinski definition) is 5. The number of halogens is 2. The molecule has 0 aromatic heterocycles. The van der Waals surface area contributed by atoms with Gasteiger partial charge in [0.2, 0.25) is 0 Å². The number of carbonyl (C=O) groups excluding carboxylic acids is 2. The first-order chi connectivity index (χ1) is 11.0. The fourth-order valence-corrected chi connectivity index (χ4v) is 2.13. The Bertz CT molecular complexity index is 586. The largest absolute Gasteiger partial charge is 0.462 e. The second-order valence-corrected chi connectivity index (χ2v) is 4.70. The van der Waals surface area contributed by atoms with Crippen LogP contribution in [0.4, 0.5) is 10.1 Å². The number of rotatable bonds is 7. The van der Waals surface area contributed by atoms with Gasteiger partial charge in [0.1, 0.15) is 5.82 Å². The van der Waals surface area contributed by atoms with Gasteiger partial charge in [-0.05, 0) is 45.0 Å². The molecule has 0 amide bonds. The minimum Gasteiger partial charge on any atom is -0.462 e. The van der Waals surface area contributed by atoms with Crippen molar-refractivity contribution in [1.82, 2.24) is 0 Å². The number of ether oxygens (including phenoxy) is 2. The molecule has 0 N–H and O–H groups in total. The molecule has 23 heavy (non-hydrogen) atoms. The first-order valence-corrected chi connectivity index (χ1v) is 7.61. The molecule has 5 nitrogen and oxygen atoms in total. The third kappa shape index (κ3) is 4.96. The highest BCUT2D eigenvalue weighted by atomic mass is 35.5. The maximum atomic E-state index is 13.1. The molecule has 0 radical (unpaired) electrons. The third-order valence-electron chi connectivity index (χ3n) is 2.86. The molecule has 0 saturated heterocycles. The van der Waals surface area contributed by atoms with Gasteiger partial charge in [-0.3, -0.25) is 0 Å². The normalized spacial score (nSPS) is 11.5. The van der Waals surface area contributed by atoms with Crippen LogP contribution in [0.2, 0.25) is 0 Å². The maximum Gasteiger partial charge on any atom is 0.356 e. The molecule has 126 valence electrons. The topological polar surface area (TPSA) is 55.8 Å². The first kappa shape index (κ1) is 19.0. The van der Waals surface area contributed by atoms with Gasteiger partial charge in [0.25, 0.3) is 0 Å². The molecule has 1 rings (SSSR count).